The van der Waals surface area contributed by atoms with Crippen LogP contribution in [0.25, 0.3) is 0 Å². The van der Waals surface area contributed by atoms with Gasteiger partial charge in [-0.05, 0) is 12.3 Å². The maximum atomic E-state index is 10.4. The number of aliphatic carboxylic acids is 1. The van der Waals surface area contributed by atoms with Crippen LogP contribution in [-0.2, 0) is 11.2 Å². The smallest absolute Gasteiger partial charge is 0.309 e. The first-order valence-corrected chi connectivity index (χ1v) is 6.89. The summed E-state index contributed by atoms with van der Waals surface area (Å²) in [6.07, 6.45) is 4.10. The van der Waals surface area contributed by atoms with Crippen molar-refractivity contribution in [2.24, 2.45) is 5.92 Å². The summed E-state index contributed by atoms with van der Waals surface area (Å²) in [4.78, 5) is 14.7. The van der Waals surface area contributed by atoms with Crippen LogP contribution in [0.3, 0.4) is 0 Å². The second-order valence-corrected chi connectivity index (χ2v) is 5.96. The molecule has 1 aromatic rings. The Labute approximate surface area is 96.9 Å². The summed E-state index contributed by atoms with van der Waals surface area (Å²) in [6.45, 7) is 0. The molecule has 0 spiro atoms. The molecule has 1 aliphatic rings. The third-order valence-electron chi connectivity index (χ3n) is 2.31. The number of hydrogen-bond donors (Lipinski definition) is 1. The van der Waals surface area contributed by atoms with E-state index < -0.39 is 5.97 Å². The van der Waals surface area contributed by atoms with Crippen molar-refractivity contribution in [3.63, 3.8) is 0 Å². The van der Waals surface area contributed by atoms with E-state index in [1.54, 1.807) is 23.1 Å². The van der Waals surface area contributed by atoms with Gasteiger partial charge in [0, 0.05) is 11.1 Å². The van der Waals surface area contributed by atoms with Crippen LogP contribution < -0.4 is 0 Å². The van der Waals surface area contributed by atoms with Crippen LogP contribution in [0, 0.1) is 5.92 Å². The number of carboxylic acids is 1. The molecule has 0 atom stereocenters. The van der Waals surface area contributed by atoms with E-state index in [-0.39, 0.29) is 6.42 Å². The normalized spacial score (nSPS) is 15.5. The molecule has 1 N–H and O–H groups in total. The molecule has 1 heterocycles. The van der Waals surface area contributed by atoms with E-state index in [1.807, 2.05) is 5.38 Å². The fourth-order valence-corrected chi connectivity index (χ4v) is 3.33. The fraction of sp³-hybridized carbons (Fsp3) is 0.600. The van der Waals surface area contributed by atoms with Gasteiger partial charge in [0.15, 0.2) is 0 Å². The number of thioether (sulfide) groups is 1. The van der Waals surface area contributed by atoms with E-state index in [0.29, 0.717) is 5.69 Å². The fourth-order valence-electron chi connectivity index (χ4n) is 1.31. The van der Waals surface area contributed by atoms with Crippen LogP contribution in [0.15, 0.2) is 9.72 Å². The standard InChI is InChI=1S/C10H13NO2S2/c12-9(13)5-8-6-15-10(11-8)14-4-3-7-1-2-7/h6-7H,1-5H2,(H,12,13). The Morgan fingerprint density at radius 1 is 1.67 bits per heavy atom. The molecule has 1 aliphatic carbocycles. The number of aromatic nitrogens is 1. The van der Waals surface area contributed by atoms with Crippen LogP contribution in [0.5, 0.6) is 0 Å². The molecule has 0 aromatic carbocycles. The predicted molar refractivity (Wildman–Crippen MR) is 61.5 cm³/mol. The van der Waals surface area contributed by atoms with Gasteiger partial charge in [-0.3, -0.25) is 4.79 Å². The molecule has 0 unspecified atom stereocenters. The first kappa shape index (κ1) is 11.0. The van der Waals surface area contributed by atoms with Gasteiger partial charge in [0.1, 0.15) is 4.34 Å². The number of thiazole rings is 1. The van der Waals surface area contributed by atoms with Crippen LogP contribution >= 0.6 is 23.1 Å². The summed E-state index contributed by atoms with van der Waals surface area (Å²) >= 11 is 3.30. The predicted octanol–water partition coefficient (Wildman–Crippen LogP) is 2.66. The third kappa shape index (κ3) is 3.83. The summed E-state index contributed by atoms with van der Waals surface area (Å²) < 4.78 is 1.01. The Morgan fingerprint density at radius 2 is 2.47 bits per heavy atom. The minimum Gasteiger partial charge on any atom is -0.481 e. The lowest BCUT2D eigenvalue weighted by atomic mass is 10.3. The molecule has 1 fully saturated rings. The molecule has 3 nitrogen and oxygen atoms in total. The highest BCUT2D eigenvalue weighted by Crippen LogP contribution is 2.35. The van der Waals surface area contributed by atoms with E-state index >= 15 is 0 Å². The van der Waals surface area contributed by atoms with Crippen LogP contribution in [0.4, 0.5) is 0 Å². The highest BCUT2D eigenvalue weighted by atomic mass is 32.2. The Morgan fingerprint density at radius 3 is 3.13 bits per heavy atom. The first-order chi connectivity index (χ1) is 7.24. The molecule has 2 rings (SSSR count). The molecular weight excluding hydrogens is 230 g/mol. The van der Waals surface area contributed by atoms with Crippen LogP contribution in [-0.4, -0.2) is 21.8 Å². The molecule has 0 bridgehead atoms. The zero-order valence-corrected chi connectivity index (χ0v) is 9.94. The van der Waals surface area contributed by atoms with E-state index in [1.165, 1.54) is 19.3 Å². The van der Waals surface area contributed by atoms with Crippen LogP contribution in [0.1, 0.15) is 25.0 Å². The number of carboxylic acid groups (broad SMARTS) is 1. The molecular formula is C10H13NO2S2. The molecule has 82 valence electrons. The van der Waals surface area contributed by atoms with Crippen molar-refractivity contribution in [3.8, 4) is 0 Å². The molecule has 0 radical (unpaired) electrons. The van der Waals surface area contributed by atoms with Gasteiger partial charge in [-0.15, -0.1) is 11.3 Å². The summed E-state index contributed by atoms with van der Waals surface area (Å²) in [5.74, 6) is 1.26. The molecule has 5 heteroatoms. The SMILES string of the molecule is O=C(O)Cc1csc(SCCC2CC2)n1. The Bertz CT molecular complexity index is 347. The Kier molecular flexibility index (Phi) is 3.64. The van der Waals surface area contributed by atoms with E-state index in [0.717, 1.165) is 16.0 Å². The third-order valence-corrected chi connectivity index (χ3v) is 4.41. The summed E-state index contributed by atoms with van der Waals surface area (Å²) in [5.41, 5.74) is 0.682. The summed E-state index contributed by atoms with van der Waals surface area (Å²) in [6, 6.07) is 0. The van der Waals surface area contributed by atoms with Gasteiger partial charge in [0.05, 0.1) is 12.1 Å². The first-order valence-electron chi connectivity index (χ1n) is 5.03. The molecule has 1 aromatic heterocycles. The highest BCUT2D eigenvalue weighted by molar-refractivity contribution is 8.00. The minimum absolute atomic E-state index is 0.0414. The van der Waals surface area contributed by atoms with Gasteiger partial charge in [-0.25, -0.2) is 4.98 Å². The van der Waals surface area contributed by atoms with Crippen molar-refractivity contribution in [2.75, 3.05) is 5.75 Å². The van der Waals surface area contributed by atoms with Gasteiger partial charge in [0.2, 0.25) is 0 Å². The number of nitrogens with zero attached hydrogens (tertiary/aromatic N) is 1. The summed E-state index contributed by atoms with van der Waals surface area (Å²) in [7, 11) is 0. The highest BCUT2D eigenvalue weighted by Gasteiger charge is 2.20. The van der Waals surface area contributed by atoms with Crippen molar-refractivity contribution in [1.82, 2.24) is 4.98 Å². The summed E-state index contributed by atoms with van der Waals surface area (Å²) in [5, 5.41) is 10.4. The van der Waals surface area contributed by atoms with E-state index in [4.69, 9.17) is 5.11 Å². The lowest BCUT2D eigenvalue weighted by molar-refractivity contribution is -0.136. The van der Waals surface area contributed by atoms with Crippen molar-refractivity contribution in [2.45, 2.75) is 30.0 Å². The van der Waals surface area contributed by atoms with Gasteiger partial charge in [-0.2, -0.15) is 0 Å². The minimum atomic E-state index is -0.810. The van der Waals surface area contributed by atoms with Crippen molar-refractivity contribution in [3.05, 3.63) is 11.1 Å². The van der Waals surface area contributed by atoms with Gasteiger partial charge in [-0.1, -0.05) is 24.6 Å². The topological polar surface area (TPSA) is 50.2 Å². The molecule has 0 saturated heterocycles. The molecule has 15 heavy (non-hydrogen) atoms. The Balaban J connectivity index is 1.75. The number of hydrogen-bond acceptors (Lipinski definition) is 4. The van der Waals surface area contributed by atoms with Gasteiger partial charge in [0.25, 0.3) is 0 Å². The average Bonchev–Trinajstić information content (AvgIpc) is 2.88. The van der Waals surface area contributed by atoms with Crippen LogP contribution in [0.2, 0.25) is 0 Å². The van der Waals surface area contributed by atoms with E-state index in [9.17, 15) is 4.79 Å². The zero-order chi connectivity index (χ0) is 10.7. The van der Waals surface area contributed by atoms with Gasteiger partial charge < -0.3 is 5.11 Å². The molecule has 1 saturated carbocycles. The van der Waals surface area contributed by atoms with E-state index in [2.05, 4.69) is 4.98 Å². The quantitative estimate of drug-likeness (QED) is 0.780. The van der Waals surface area contributed by atoms with Crippen molar-refractivity contribution < 1.29 is 9.90 Å². The monoisotopic (exact) mass is 243 g/mol. The maximum absolute atomic E-state index is 10.4. The Hall–Kier alpha value is -0.550. The molecule has 0 amide bonds. The average molecular weight is 243 g/mol. The number of carbonyl (C=O) groups is 1. The largest absolute Gasteiger partial charge is 0.481 e. The lowest BCUT2D eigenvalue weighted by Gasteiger charge is -1.94. The van der Waals surface area contributed by atoms with Crippen molar-refractivity contribution in [1.29, 1.82) is 0 Å². The second kappa shape index (κ2) is 4.99. The zero-order valence-electron chi connectivity index (χ0n) is 8.31. The molecule has 0 aliphatic heterocycles. The van der Waals surface area contributed by atoms with Gasteiger partial charge >= 0.3 is 5.97 Å². The van der Waals surface area contributed by atoms with Crippen molar-refractivity contribution >= 4 is 29.1 Å². The number of rotatable bonds is 6. The maximum Gasteiger partial charge on any atom is 0.309 e. The lowest BCUT2D eigenvalue weighted by Crippen LogP contribution is -1.99. The second-order valence-electron chi connectivity index (χ2n) is 3.76.